The van der Waals surface area contributed by atoms with Gasteiger partial charge in [0.15, 0.2) is 0 Å². The number of carbonyl (C=O) groups excluding carboxylic acids is 1. The van der Waals surface area contributed by atoms with E-state index in [1.165, 1.54) is 7.11 Å². The van der Waals surface area contributed by atoms with Crippen LogP contribution in [0.25, 0.3) is 11.3 Å². The molecule has 0 bridgehead atoms. The molecule has 1 aromatic carbocycles. The lowest BCUT2D eigenvalue weighted by Crippen LogP contribution is -2.35. The Morgan fingerprint density at radius 3 is 2.78 bits per heavy atom. The maximum Gasteiger partial charge on any atom is 0.409 e. The molecule has 0 saturated heterocycles. The summed E-state index contributed by atoms with van der Waals surface area (Å²) in [5, 5.41) is 7.49. The molecule has 1 aliphatic rings. The molecule has 0 spiro atoms. The fourth-order valence-electron chi connectivity index (χ4n) is 2.80. The summed E-state index contributed by atoms with van der Waals surface area (Å²) in [5.74, 6) is 1.39. The van der Waals surface area contributed by atoms with Gasteiger partial charge in [-0.2, -0.15) is 5.10 Å². The van der Waals surface area contributed by atoms with E-state index in [0.717, 1.165) is 28.9 Å². The number of hydrogen-bond acceptors (Lipinski definition) is 5. The number of hydrogen-bond donors (Lipinski definition) is 1. The fourth-order valence-corrected chi connectivity index (χ4v) is 2.80. The SMILES string of the molecule is COC(=O)N1CCc2[nH]nc(-c3ccc(OC)cc3OC)c2C1. The fraction of sp³-hybridized carbons (Fsp3) is 0.375. The Hall–Kier alpha value is -2.70. The second kappa shape index (κ2) is 6.20. The van der Waals surface area contributed by atoms with E-state index in [1.807, 2.05) is 18.2 Å². The summed E-state index contributed by atoms with van der Waals surface area (Å²) in [5.41, 5.74) is 3.67. The van der Waals surface area contributed by atoms with Crippen LogP contribution in [0.15, 0.2) is 18.2 Å². The minimum absolute atomic E-state index is 0.329. The Bertz CT molecular complexity index is 726. The zero-order chi connectivity index (χ0) is 16.4. The maximum absolute atomic E-state index is 11.8. The van der Waals surface area contributed by atoms with Crippen molar-refractivity contribution in [3.63, 3.8) is 0 Å². The molecule has 7 nitrogen and oxygen atoms in total. The minimum Gasteiger partial charge on any atom is -0.497 e. The first-order chi connectivity index (χ1) is 11.2. The average Bonchev–Trinajstić information content (AvgIpc) is 3.03. The second-order valence-corrected chi connectivity index (χ2v) is 5.24. The lowest BCUT2D eigenvalue weighted by atomic mass is 10.0. The quantitative estimate of drug-likeness (QED) is 0.939. The lowest BCUT2D eigenvalue weighted by molar-refractivity contribution is 0.118. The predicted molar refractivity (Wildman–Crippen MR) is 83.6 cm³/mol. The molecule has 0 saturated carbocycles. The highest BCUT2D eigenvalue weighted by Gasteiger charge is 2.27. The lowest BCUT2D eigenvalue weighted by Gasteiger charge is -2.25. The van der Waals surface area contributed by atoms with Gasteiger partial charge in [-0.05, 0) is 12.1 Å². The first-order valence-corrected chi connectivity index (χ1v) is 7.29. The Balaban J connectivity index is 2.00. The minimum atomic E-state index is -0.329. The molecule has 0 aliphatic carbocycles. The van der Waals surface area contributed by atoms with Gasteiger partial charge in [0.2, 0.25) is 0 Å². The highest BCUT2D eigenvalue weighted by Crippen LogP contribution is 2.36. The summed E-state index contributed by atoms with van der Waals surface area (Å²) in [6, 6.07) is 5.59. The number of nitrogens with one attached hydrogen (secondary N) is 1. The van der Waals surface area contributed by atoms with E-state index in [2.05, 4.69) is 10.2 Å². The molecule has 0 fully saturated rings. The van der Waals surface area contributed by atoms with Gasteiger partial charge in [-0.3, -0.25) is 5.10 Å². The predicted octanol–water partition coefficient (Wildman–Crippen LogP) is 2.22. The Morgan fingerprint density at radius 1 is 1.26 bits per heavy atom. The molecular weight excluding hydrogens is 298 g/mol. The van der Waals surface area contributed by atoms with Crippen molar-refractivity contribution < 1.29 is 19.0 Å². The van der Waals surface area contributed by atoms with Crippen LogP contribution in [-0.4, -0.2) is 49.1 Å². The number of ether oxygens (including phenoxy) is 3. The first kappa shape index (κ1) is 15.2. The third kappa shape index (κ3) is 2.69. The summed E-state index contributed by atoms with van der Waals surface area (Å²) in [4.78, 5) is 13.4. The summed E-state index contributed by atoms with van der Waals surface area (Å²) in [6.07, 6.45) is 0.389. The number of aromatic amines is 1. The van der Waals surface area contributed by atoms with Gasteiger partial charge >= 0.3 is 6.09 Å². The van der Waals surface area contributed by atoms with Crippen LogP contribution in [0.5, 0.6) is 11.5 Å². The number of nitrogens with zero attached hydrogens (tertiary/aromatic N) is 2. The standard InChI is InChI=1S/C16H19N3O4/c1-21-10-4-5-11(14(8-10)22-2)15-12-9-19(16(20)23-3)7-6-13(12)17-18-15/h4-5,8H,6-7,9H2,1-3H3,(H,17,18). The maximum atomic E-state index is 11.8. The van der Waals surface area contributed by atoms with E-state index in [-0.39, 0.29) is 6.09 Å². The number of fused-ring (bicyclic) bond motifs is 1. The number of aromatic nitrogens is 2. The molecule has 1 amide bonds. The van der Waals surface area contributed by atoms with Crippen LogP contribution >= 0.6 is 0 Å². The van der Waals surface area contributed by atoms with Crippen molar-refractivity contribution in [2.75, 3.05) is 27.9 Å². The molecule has 0 unspecified atom stereocenters. The Morgan fingerprint density at radius 2 is 2.09 bits per heavy atom. The topological polar surface area (TPSA) is 76.7 Å². The van der Waals surface area contributed by atoms with Crippen LogP contribution in [0.2, 0.25) is 0 Å². The van der Waals surface area contributed by atoms with E-state index < -0.39 is 0 Å². The Labute approximate surface area is 134 Å². The number of amides is 1. The van der Waals surface area contributed by atoms with Gasteiger partial charge in [0.1, 0.15) is 17.2 Å². The molecule has 2 heterocycles. The molecule has 0 atom stereocenters. The second-order valence-electron chi connectivity index (χ2n) is 5.24. The van der Waals surface area contributed by atoms with E-state index in [9.17, 15) is 4.79 Å². The highest BCUT2D eigenvalue weighted by molar-refractivity contribution is 5.74. The van der Waals surface area contributed by atoms with Crippen molar-refractivity contribution in [2.24, 2.45) is 0 Å². The van der Waals surface area contributed by atoms with Crippen LogP contribution in [0.1, 0.15) is 11.3 Å². The van der Waals surface area contributed by atoms with Crippen LogP contribution < -0.4 is 9.47 Å². The van der Waals surface area contributed by atoms with Crippen molar-refractivity contribution in [1.82, 2.24) is 15.1 Å². The van der Waals surface area contributed by atoms with Crippen molar-refractivity contribution in [2.45, 2.75) is 13.0 Å². The van der Waals surface area contributed by atoms with Gasteiger partial charge in [0, 0.05) is 35.9 Å². The van der Waals surface area contributed by atoms with Crippen LogP contribution in [-0.2, 0) is 17.7 Å². The van der Waals surface area contributed by atoms with Gasteiger partial charge in [-0.1, -0.05) is 0 Å². The number of carbonyl (C=O) groups is 1. The largest absolute Gasteiger partial charge is 0.497 e. The third-order valence-electron chi connectivity index (χ3n) is 4.03. The molecule has 2 aromatic rings. The summed E-state index contributed by atoms with van der Waals surface area (Å²) in [6.45, 7) is 1.07. The van der Waals surface area contributed by atoms with E-state index >= 15 is 0 Å². The average molecular weight is 317 g/mol. The van der Waals surface area contributed by atoms with Gasteiger partial charge in [-0.25, -0.2) is 4.79 Å². The van der Waals surface area contributed by atoms with Crippen LogP contribution in [0.3, 0.4) is 0 Å². The molecule has 1 aliphatic heterocycles. The zero-order valence-corrected chi connectivity index (χ0v) is 13.4. The van der Waals surface area contributed by atoms with E-state index in [0.29, 0.717) is 24.6 Å². The first-order valence-electron chi connectivity index (χ1n) is 7.29. The normalized spacial score (nSPS) is 13.4. The summed E-state index contributed by atoms with van der Waals surface area (Å²) in [7, 11) is 4.61. The Kier molecular flexibility index (Phi) is 4.10. The third-order valence-corrected chi connectivity index (χ3v) is 4.03. The summed E-state index contributed by atoms with van der Waals surface area (Å²) >= 11 is 0. The van der Waals surface area contributed by atoms with Crippen molar-refractivity contribution in [3.05, 3.63) is 29.5 Å². The molecule has 23 heavy (non-hydrogen) atoms. The van der Waals surface area contributed by atoms with E-state index in [4.69, 9.17) is 14.2 Å². The zero-order valence-electron chi connectivity index (χ0n) is 13.4. The summed E-state index contributed by atoms with van der Waals surface area (Å²) < 4.78 is 15.5. The molecule has 3 rings (SSSR count). The van der Waals surface area contributed by atoms with Gasteiger partial charge in [-0.15, -0.1) is 0 Å². The van der Waals surface area contributed by atoms with Crippen molar-refractivity contribution in [1.29, 1.82) is 0 Å². The number of benzene rings is 1. The molecule has 122 valence electrons. The van der Waals surface area contributed by atoms with Gasteiger partial charge < -0.3 is 19.1 Å². The molecular formula is C16H19N3O4. The van der Waals surface area contributed by atoms with Crippen LogP contribution in [0.4, 0.5) is 4.79 Å². The number of rotatable bonds is 3. The smallest absolute Gasteiger partial charge is 0.409 e. The molecule has 0 radical (unpaired) electrons. The highest BCUT2D eigenvalue weighted by atomic mass is 16.5. The molecule has 1 N–H and O–H groups in total. The van der Waals surface area contributed by atoms with Gasteiger partial charge in [0.05, 0.1) is 27.9 Å². The van der Waals surface area contributed by atoms with E-state index in [1.54, 1.807) is 19.1 Å². The molecule has 7 heteroatoms. The van der Waals surface area contributed by atoms with Crippen molar-refractivity contribution >= 4 is 6.09 Å². The number of H-pyrrole nitrogens is 1. The number of methoxy groups -OCH3 is 3. The van der Waals surface area contributed by atoms with Crippen molar-refractivity contribution in [3.8, 4) is 22.8 Å². The van der Waals surface area contributed by atoms with Crippen LogP contribution in [0, 0.1) is 0 Å². The van der Waals surface area contributed by atoms with Gasteiger partial charge in [0.25, 0.3) is 0 Å². The molecule has 1 aromatic heterocycles. The monoisotopic (exact) mass is 317 g/mol.